The fourth-order valence-electron chi connectivity index (χ4n) is 2.98. The van der Waals surface area contributed by atoms with Crippen LogP contribution < -0.4 is 0 Å². The fourth-order valence-corrected chi connectivity index (χ4v) is 3.80. The van der Waals surface area contributed by atoms with Crippen molar-refractivity contribution in [2.75, 3.05) is 5.75 Å². The van der Waals surface area contributed by atoms with Crippen LogP contribution in [0.2, 0.25) is 0 Å². The van der Waals surface area contributed by atoms with Crippen molar-refractivity contribution in [3.05, 3.63) is 12.7 Å². The molecule has 2 heterocycles. The minimum atomic E-state index is 0.234. The maximum Gasteiger partial charge on any atom is 0.233 e. The molecule has 22 heavy (non-hydrogen) atoms. The summed E-state index contributed by atoms with van der Waals surface area (Å²) in [5.74, 6) is 1.38. The predicted octanol–water partition coefficient (Wildman–Crippen LogP) is 2.23. The third-order valence-electron chi connectivity index (χ3n) is 4.49. The molecule has 0 bridgehead atoms. The quantitative estimate of drug-likeness (QED) is 0.653. The lowest BCUT2D eigenvalue weighted by Crippen LogP contribution is -2.42. The molecule has 116 valence electrons. The molecule has 0 saturated heterocycles. The first-order valence-corrected chi connectivity index (χ1v) is 8.80. The Morgan fingerprint density at radius 1 is 1.36 bits per heavy atom. The molecule has 0 aliphatic heterocycles. The summed E-state index contributed by atoms with van der Waals surface area (Å²) in [6, 6.07) is 0.861. The van der Waals surface area contributed by atoms with E-state index in [1.165, 1.54) is 30.9 Å². The normalized spacial score (nSPS) is 19.3. The van der Waals surface area contributed by atoms with Gasteiger partial charge in [0, 0.05) is 12.1 Å². The van der Waals surface area contributed by atoms with Gasteiger partial charge in [0.25, 0.3) is 0 Å². The van der Waals surface area contributed by atoms with Gasteiger partial charge in [-0.25, -0.2) is 15.0 Å². The summed E-state index contributed by atoms with van der Waals surface area (Å²) in [4.78, 5) is 30.4. The van der Waals surface area contributed by atoms with Gasteiger partial charge in [0.2, 0.25) is 5.91 Å². The molecule has 1 N–H and O–H groups in total. The van der Waals surface area contributed by atoms with Crippen molar-refractivity contribution < 1.29 is 4.79 Å². The molecule has 1 unspecified atom stereocenters. The van der Waals surface area contributed by atoms with E-state index in [0.29, 0.717) is 29.4 Å². The number of rotatable bonds is 6. The van der Waals surface area contributed by atoms with Gasteiger partial charge >= 0.3 is 0 Å². The molecular formula is C15H19N5OS. The second-order valence-corrected chi connectivity index (χ2v) is 7.14. The number of carbonyl (C=O) groups excluding carboxylic acids is 1. The van der Waals surface area contributed by atoms with E-state index < -0.39 is 0 Å². The van der Waals surface area contributed by atoms with Crippen molar-refractivity contribution in [2.45, 2.75) is 49.7 Å². The highest BCUT2D eigenvalue weighted by Gasteiger charge is 2.41. The van der Waals surface area contributed by atoms with Crippen LogP contribution >= 0.6 is 11.8 Å². The van der Waals surface area contributed by atoms with E-state index in [2.05, 4.69) is 31.8 Å². The first kappa shape index (κ1) is 14.0. The molecule has 0 radical (unpaired) electrons. The number of nitrogens with one attached hydrogen (secondary N) is 1. The minimum Gasteiger partial charge on any atom is -0.341 e. The number of aromatic amines is 1. The van der Waals surface area contributed by atoms with Gasteiger partial charge in [-0.05, 0) is 38.5 Å². The van der Waals surface area contributed by atoms with Crippen LogP contribution in [0.15, 0.2) is 17.7 Å². The van der Waals surface area contributed by atoms with E-state index in [4.69, 9.17) is 0 Å². The number of fused-ring (bicyclic) bond motifs is 1. The number of carbonyl (C=O) groups is 1. The summed E-state index contributed by atoms with van der Waals surface area (Å²) >= 11 is 1.47. The molecule has 2 fully saturated rings. The Morgan fingerprint density at radius 3 is 2.91 bits per heavy atom. The minimum absolute atomic E-state index is 0.234. The summed E-state index contributed by atoms with van der Waals surface area (Å²) in [5.41, 5.74) is 1.46. The third-order valence-corrected chi connectivity index (χ3v) is 5.47. The van der Waals surface area contributed by atoms with E-state index in [0.717, 1.165) is 23.4 Å². The van der Waals surface area contributed by atoms with Gasteiger partial charge in [-0.15, -0.1) is 0 Å². The lowest BCUT2D eigenvalue weighted by Gasteiger charge is -2.29. The highest BCUT2D eigenvalue weighted by molar-refractivity contribution is 8.00. The van der Waals surface area contributed by atoms with Gasteiger partial charge < -0.3 is 9.88 Å². The molecule has 4 rings (SSSR count). The van der Waals surface area contributed by atoms with Crippen molar-refractivity contribution >= 4 is 28.8 Å². The maximum atomic E-state index is 12.7. The second kappa shape index (κ2) is 5.53. The molecule has 2 aromatic heterocycles. The number of nitrogens with zero attached hydrogens (tertiary/aromatic N) is 4. The maximum absolute atomic E-state index is 12.7. The Hall–Kier alpha value is -1.63. The van der Waals surface area contributed by atoms with Gasteiger partial charge in [0.15, 0.2) is 5.65 Å². The first-order valence-electron chi connectivity index (χ1n) is 7.82. The largest absolute Gasteiger partial charge is 0.341 e. The van der Waals surface area contributed by atoms with Crippen LogP contribution in [0.1, 0.15) is 32.6 Å². The number of amides is 1. The number of H-pyrrole nitrogens is 1. The van der Waals surface area contributed by atoms with Crippen molar-refractivity contribution in [3.8, 4) is 0 Å². The lowest BCUT2D eigenvalue weighted by molar-refractivity contribution is -0.131. The summed E-state index contributed by atoms with van der Waals surface area (Å²) in [5, 5.41) is 0.797. The van der Waals surface area contributed by atoms with Crippen LogP contribution in [0, 0.1) is 5.92 Å². The standard InChI is InChI=1S/C15H19N5OS/c1-9(10-2-3-10)20(11-4-5-11)12(21)6-22-15-13-14(17-7-16-13)18-8-19-15/h7-11H,2-6H2,1H3,(H,16,17,18,19). The van der Waals surface area contributed by atoms with Gasteiger partial charge in [-0.3, -0.25) is 4.79 Å². The zero-order chi connectivity index (χ0) is 15.1. The number of thioether (sulfide) groups is 1. The first-order chi connectivity index (χ1) is 10.7. The molecule has 2 aliphatic carbocycles. The number of imidazole rings is 1. The SMILES string of the molecule is CC(C1CC1)N(C(=O)CSc1ncnc2nc[nH]c12)C1CC1. The smallest absolute Gasteiger partial charge is 0.233 e. The molecule has 2 aliphatic rings. The average Bonchev–Trinajstić information content (AvgIpc) is 3.43. The van der Waals surface area contributed by atoms with Crippen LogP contribution in [-0.4, -0.2) is 48.6 Å². The summed E-state index contributed by atoms with van der Waals surface area (Å²) in [6.45, 7) is 2.20. The van der Waals surface area contributed by atoms with E-state index in [1.54, 1.807) is 6.33 Å². The summed E-state index contributed by atoms with van der Waals surface area (Å²) in [7, 11) is 0. The van der Waals surface area contributed by atoms with Crippen LogP contribution in [-0.2, 0) is 4.79 Å². The molecule has 0 spiro atoms. The average molecular weight is 317 g/mol. The van der Waals surface area contributed by atoms with Crippen LogP contribution in [0.25, 0.3) is 11.2 Å². The van der Waals surface area contributed by atoms with Crippen molar-refractivity contribution in [1.82, 2.24) is 24.8 Å². The fraction of sp³-hybridized carbons (Fsp3) is 0.600. The number of hydrogen-bond acceptors (Lipinski definition) is 5. The van der Waals surface area contributed by atoms with Crippen LogP contribution in [0.5, 0.6) is 0 Å². The Balaban J connectivity index is 1.45. The molecular weight excluding hydrogens is 298 g/mol. The second-order valence-electron chi connectivity index (χ2n) is 6.18. The lowest BCUT2D eigenvalue weighted by atomic mass is 10.2. The van der Waals surface area contributed by atoms with E-state index in [9.17, 15) is 4.79 Å². The zero-order valence-electron chi connectivity index (χ0n) is 12.5. The Bertz CT molecular complexity index is 694. The highest BCUT2D eigenvalue weighted by Crippen LogP contribution is 2.40. The van der Waals surface area contributed by atoms with E-state index >= 15 is 0 Å². The van der Waals surface area contributed by atoms with Gasteiger partial charge in [-0.1, -0.05) is 11.8 Å². The summed E-state index contributed by atoms with van der Waals surface area (Å²) in [6.07, 6.45) is 7.97. The summed E-state index contributed by atoms with van der Waals surface area (Å²) < 4.78 is 0. The van der Waals surface area contributed by atoms with Gasteiger partial charge in [0.05, 0.1) is 12.1 Å². The van der Waals surface area contributed by atoms with Crippen molar-refractivity contribution in [3.63, 3.8) is 0 Å². The molecule has 6 nitrogen and oxygen atoms in total. The zero-order valence-corrected chi connectivity index (χ0v) is 13.3. The van der Waals surface area contributed by atoms with Crippen molar-refractivity contribution in [2.24, 2.45) is 5.92 Å². The van der Waals surface area contributed by atoms with Crippen molar-refractivity contribution in [1.29, 1.82) is 0 Å². The molecule has 0 aromatic carbocycles. The topological polar surface area (TPSA) is 74.8 Å². The van der Waals surface area contributed by atoms with Crippen LogP contribution in [0.4, 0.5) is 0 Å². The molecule has 7 heteroatoms. The number of hydrogen-bond donors (Lipinski definition) is 1. The number of aromatic nitrogens is 4. The third kappa shape index (κ3) is 2.69. The highest BCUT2D eigenvalue weighted by atomic mass is 32.2. The van der Waals surface area contributed by atoms with Gasteiger partial charge in [0.1, 0.15) is 16.9 Å². The van der Waals surface area contributed by atoms with E-state index in [-0.39, 0.29) is 5.91 Å². The Kier molecular flexibility index (Phi) is 3.52. The van der Waals surface area contributed by atoms with E-state index in [1.807, 2.05) is 0 Å². The van der Waals surface area contributed by atoms with Gasteiger partial charge in [-0.2, -0.15) is 0 Å². The van der Waals surface area contributed by atoms with Crippen LogP contribution in [0.3, 0.4) is 0 Å². The predicted molar refractivity (Wildman–Crippen MR) is 84.5 cm³/mol. The molecule has 2 aromatic rings. The molecule has 1 atom stereocenters. The molecule has 1 amide bonds. The Morgan fingerprint density at radius 2 is 2.18 bits per heavy atom. The monoisotopic (exact) mass is 317 g/mol. The Labute approximate surface area is 133 Å². The molecule has 2 saturated carbocycles.